The molecule has 0 atom stereocenters. The maximum Gasteiger partial charge on any atom is 0.258 e. The van der Waals surface area contributed by atoms with Gasteiger partial charge in [0.2, 0.25) is 10.0 Å². The number of hydrogen-bond donors (Lipinski definition) is 1. The zero-order valence-corrected chi connectivity index (χ0v) is 15.1. The van der Waals surface area contributed by atoms with E-state index >= 15 is 0 Å². The van der Waals surface area contributed by atoms with Crippen LogP contribution in [0.3, 0.4) is 0 Å². The molecule has 0 aliphatic carbocycles. The SMILES string of the molecule is O=C(COc1ccc(S(=O)(=O)N2CCCC2)cc1)NCc1ccncc1. The van der Waals surface area contributed by atoms with Gasteiger partial charge in [0, 0.05) is 32.0 Å². The quantitative estimate of drug-likeness (QED) is 0.793. The maximum atomic E-state index is 12.4. The number of nitrogens with one attached hydrogen (secondary N) is 1. The van der Waals surface area contributed by atoms with Crippen LogP contribution in [0.4, 0.5) is 0 Å². The molecule has 0 unspecified atom stereocenters. The van der Waals surface area contributed by atoms with Crippen LogP contribution in [0.1, 0.15) is 18.4 Å². The van der Waals surface area contributed by atoms with Crippen molar-refractivity contribution in [2.45, 2.75) is 24.3 Å². The Morgan fingerprint density at radius 1 is 1.08 bits per heavy atom. The Labute approximate surface area is 153 Å². The molecule has 1 aromatic heterocycles. The van der Waals surface area contributed by atoms with E-state index in [1.807, 2.05) is 12.1 Å². The third-order valence-corrected chi connectivity index (χ3v) is 6.05. The lowest BCUT2D eigenvalue weighted by Gasteiger charge is -2.15. The number of carbonyl (C=O) groups is 1. The van der Waals surface area contributed by atoms with E-state index in [4.69, 9.17) is 4.74 Å². The molecule has 26 heavy (non-hydrogen) atoms. The lowest BCUT2D eigenvalue weighted by Crippen LogP contribution is -2.28. The van der Waals surface area contributed by atoms with E-state index in [0.29, 0.717) is 25.4 Å². The number of carbonyl (C=O) groups excluding carboxylic acids is 1. The number of rotatable bonds is 7. The summed E-state index contributed by atoms with van der Waals surface area (Å²) in [5, 5.41) is 2.75. The largest absolute Gasteiger partial charge is 0.484 e. The van der Waals surface area contributed by atoms with E-state index in [2.05, 4.69) is 10.3 Å². The summed E-state index contributed by atoms with van der Waals surface area (Å²) in [6.45, 7) is 1.40. The van der Waals surface area contributed by atoms with Gasteiger partial charge in [0.1, 0.15) is 5.75 Å². The molecule has 3 rings (SSSR count). The molecule has 0 spiro atoms. The summed E-state index contributed by atoms with van der Waals surface area (Å²) in [5.74, 6) is 0.194. The van der Waals surface area contributed by atoms with Crippen molar-refractivity contribution in [2.24, 2.45) is 0 Å². The first-order valence-corrected chi connectivity index (χ1v) is 9.88. The minimum atomic E-state index is -3.43. The van der Waals surface area contributed by atoms with Crippen molar-refractivity contribution in [3.63, 3.8) is 0 Å². The van der Waals surface area contributed by atoms with Gasteiger partial charge in [0.15, 0.2) is 6.61 Å². The first-order valence-electron chi connectivity index (χ1n) is 8.44. The van der Waals surface area contributed by atoms with Crippen LogP contribution in [-0.2, 0) is 21.4 Å². The van der Waals surface area contributed by atoms with Crippen LogP contribution >= 0.6 is 0 Å². The Bertz CT molecular complexity index is 832. The zero-order valence-electron chi connectivity index (χ0n) is 14.3. The van der Waals surface area contributed by atoms with Crippen LogP contribution in [0, 0.1) is 0 Å². The van der Waals surface area contributed by atoms with Crippen molar-refractivity contribution < 1.29 is 17.9 Å². The number of aromatic nitrogens is 1. The molecule has 138 valence electrons. The van der Waals surface area contributed by atoms with Crippen LogP contribution in [0.25, 0.3) is 0 Å². The lowest BCUT2D eigenvalue weighted by atomic mass is 10.3. The predicted molar refractivity (Wildman–Crippen MR) is 96.0 cm³/mol. The van der Waals surface area contributed by atoms with Crippen LogP contribution in [-0.4, -0.2) is 43.3 Å². The second-order valence-electron chi connectivity index (χ2n) is 6.00. The second-order valence-corrected chi connectivity index (χ2v) is 7.94. The highest BCUT2D eigenvalue weighted by molar-refractivity contribution is 7.89. The molecular formula is C18H21N3O4S. The van der Waals surface area contributed by atoms with Gasteiger partial charge in [-0.15, -0.1) is 0 Å². The molecule has 0 bridgehead atoms. The van der Waals surface area contributed by atoms with Crippen molar-refractivity contribution in [3.05, 3.63) is 54.4 Å². The molecule has 2 aromatic rings. The van der Waals surface area contributed by atoms with Crippen molar-refractivity contribution in [3.8, 4) is 5.75 Å². The van der Waals surface area contributed by atoms with Crippen LogP contribution in [0.2, 0.25) is 0 Å². The summed E-state index contributed by atoms with van der Waals surface area (Å²) in [6.07, 6.45) is 5.12. The van der Waals surface area contributed by atoms with E-state index in [1.54, 1.807) is 24.5 Å². The monoisotopic (exact) mass is 375 g/mol. The van der Waals surface area contributed by atoms with E-state index in [1.165, 1.54) is 16.4 Å². The number of amides is 1. The maximum absolute atomic E-state index is 12.4. The van der Waals surface area contributed by atoms with Crippen molar-refractivity contribution in [2.75, 3.05) is 19.7 Å². The van der Waals surface area contributed by atoms with E-state index in [-0.39, 0.29) is 17.4 Å². The Balaban J connectivity index is 1.50. The summed E-state index contributed by atoms with van der Waals surface area (Å²) < 4.78 is 31.8. The molecule has 8 heteroatoms. The first-order chi connectivity index (χ1) is 12.6. The summed E-state index contributed by atoms with van der Waals surface area (Å²) in [7, 11) is -3.43. The molecular weight excluding hydrogens is 354 g/mol. The molecule has 1 saturated heterocycles. The highest BCUT2D eigenvalue weighted by Crippen LogP contribution is 2.22. The van der Waals surface area contributed by atoms with Crippen LogP contribution in [0.5, 0.6) is 5.75 Å². The van der Waals surface area contributed by atoms with Gasteiger partial charge in [-0.05, 0) is 54.8 Å². The van der Waals surface area contributed by atoms with Gasteiger partial charge < -0.3 is 10.1 Å². The van der Waals surface area contributed by atoms with Gasteiger partial charge in [0.05, 0.1) is 4.90 Å². The smallest absolute Gasteiger partial charge is 0.258 e. The average Bonchev–Trinajstić information content (AvgIpc) is 3.21. The van der Waals surface area contributed by atoms with E-state index < -0.39 is 10.0 Å². The lowest BCUT2D eigenvalue weighted by molar-refractivity contribution is -0.123. The third kappa shape index (κ3) is 4.59. The number of pyridine rings is 1. The van der Waals surface area contributed by atoms with Gasteiger partial charge in [0.25, 0.3) is 5.91 Å². The third-order valence-electron chi connectivity index (χ3n) is 4.14. The fraction of sp³-hybridized carbons (Fsp3) is 0.333. The Morgan fingerprint density at radius 3 is 2.38 bits per heavy atom. The van der Waals surface area contributed by atoms with Crippen LogP contribution < -0.4 is 10.1 Å². The van der Waals surface area contributed by atoms with Crippen LogP contribution in [0.15, 0.2) is 53.7 Å². The van der Waals surface area contributed by atoms with E-state index in [9.17, 15) is 13.2 Å². The number of ether oxygens (including phenoxy) is 1. The molecule has 1 aromatic carbocycles. The number of benzene rings is 1. The molecule has 0 saturated carbocycles. The molecule has 1 fully saturated rings. The predicted octanol–water partition coefficient (Wildman–Crippen LogP) is 1.56. The highest BCUT2D eigenvalue weighted by Gasteiger charge is 2.26. The molecule has 7 nitrogen and oxygen atoms in total. The normalized spacial score (nSPS) is 14.9. The van der Waals surface area contributed by atoms with E-state index in [0.717, 1.165) is 18.4 Å². The number of hydrogen-bond acceptors (Lipinski definition) is 5. The zero-order chi connectivity index (χ0) is 18.4. The minimum absolute atomic E-state index is 0.136. The second kappa shape index (κ2) is 8.29. The Hall–Kier alpha value is -2.45. The fourth-order valence-corrected chi connectivity index (χ4v) is 4.20. The van der Waals surface area contributed by atoms with Gasteiger partial charge >= 0.3 is 0 Å². The molecule has 1 N–H and O–H groups in total. The topological polar surface area (TPSA) is 88.6 Å². The molecule has 1 aliphatic heterocycles. The fourth-order valence-electron chi connectivity index (χ4n) is 2.69. The van der Waals surface area contributed by atoms with Crippen molar-refractivity contribution >= 4 is 15.9 Å². The molecule has 0 radical (unpaired) electrons. The van der Waals surface area contributed by atoms with Crippen molar-refractivity contribution in [1.82, 2.24) is 14.6 Å². The molecule has 1 amide bonds. The standard InChI is InChI=1S/C18H21N3O4S/c22-18(20-13-15-7-9-19-10-8-15)14-25-16-3-5-17(6-4-16)26(23,24)21-11-1-2-12-21/h3-10H,1-2,11-14H2,(H,20,22). The summed E-state index contributed by atoms with van der Waals surface area (Å²) in [5.41, 5.74) is 0.949. The Morgan fingerprint density at radius 2 is 1.73 bits per heavy atom. The summed E-state index contributed by atoms with van der Waals surface area (Å²) in [6, 6.07) is 9.80. The van der Waals surface area contributed by atoms with Gasteiger partial charge in [-0.1, -0.05) is 0 Å². The first kappa shape index (κ1) is 18.3. The van der Waals surface area contributed by atoms with Gasteiger partial charge in [-0.3, -0.25) is 9.78 Å². The Kier molecular flexibility index (Phi) is 5.85. The highest BCUT2D eigenvalue weighted by atomic mass is 32.2. The average molecular weight is 375 g/mol. The minimum Gasteiger partial charge on any atom is -0.484 e. The number of sulfonamides is 1. The molecule has 2 heterocycles. The summed E-state index contributed by atoms with van der Waals surface area (Å²) >= 11 is 0. The summed E-state index contributed by atoms with van der Waals surface area (Å²) in [4.78, 5) is 16.0. The van der Waals surface area contributed by atoms with Gasteiger partial charge in [-0.2, -0.15) is 4.31 Å². The van der Waals surface area contributed by atoms with Crippen molar-refractivity contribution in [1.29, 1.82) is 0 Å². The number of nitrogens with zero attached hydrogens (tertiary/aromatic N) is 2. The molecule has 1 aliphatic rings. The van der Waals surface area contributed by atoms with Gasteiger partial charge in [-0.25, -0.2) is 8.42 Å².